The molecule has 3 aromatic rings. The standard InChI is InChI=1S/C22H26N2O4S2/c1-15(2)14-21-22(29(25,26)19-10-6-16(3)7-11-19)18(5)23-24(21)30(27,28)20-12-8-17(4)9-13-20/h6-13,15H,14H2,1-5H3. The molecule has 0 aliphatic heterocycles. The van der Waals surface area contributed by atoms with Gasteiger partial charge >= 0.3 is 0 Å². The van der Waals surface area contributed by atoms with E-state index in [1.165, 1.54) is 31.2 Å². The zero-order valence-corrected chi connectivity index (χ0v) is 19.4. The molecule has 0 radical (unpaired) electrons. The molecule has 0 amide bonds. The first kappa shape index (κ1) is 22.2. The van der Waals surface area contributed by atoms with Crippen molar-refractivity contribution in [1.82, 2.24) is 9.19 Å². The van der Waals surface area contributed by atoms with Crippen molar-refractivity contribution in [2.75, 3.05) is 0 Å². The van der Waals surface area contributed by atoms with E-state index in [4.69, 9.17) is 0 Å². The highest BCUT2D eigenvalue weighted by Crippen LogP contribution is 2.31. The zero-order chi connectivity index (χ0) is 22.3. The van der Waals surface area contributed by atoms with Crippen molar-refractivity contribution in [3.05, 3.63) is 71.0 Å². The first-order chi connectivity index (χ1) is 13.9. The first-order valence-electron chi connectivity index (χ1n) is 9.67. The van der Waals surface area contributed by atoms with Gasteiger partial charge in [-0.1, -0.05) is 49.2 Å². The minimum Gasteiger partial charge on any atom is -0.218 e. The predicted molar refractivity (Wildman–Crippen MR) is 116 cm³/mol. The summed E-state index contributed by atoms with van der Waals surface area (Å²) in [5.41, 5.74) is 2.21. The van der Waals surface area contributed by atoms with E-state index in [0.717, 1.165) is 15.2 Å². The summed E-state index contributed by atoms with van der Waals surface area (Å²) in [6, 6.07) is 12.9. The summed E-state index contributed by atoms with van der Waals surface area (Å²) in [6.45, 7) is 9.09. The van der Waals surface area contributed by atoms with Gasteiger partial charge in [0.2, 0.25) is 9.84 Å². The zero-order valence-electron chi connectivity index (χ0n) is 17.7. The molecule has 30 heavy (non-hydrogen) atoms. The van der Waals surface area contributed by atoms with Crippen LogP contribution in [0.2, 0.25) is 0 Å². The molecule has 0 saturated heterocycles. The fourth-order valence-electron chi connectivity index (χ4n) is 3.29. The normalized spacial score (nSPS) is 12.5. The third-order valence-electron chi connectivity index (χ3n) is 4.81. The third kappa shape index (κ3) is 4.06. The van der Waals surface area contributed by atoms with Gasteiger partial charge in [0.1, 0.15) is 4.90 Å². The van der Waals surface area contributed by atoms with Crippen LogP contribution in [0.1, 0.15) is 36.4 Å². The maximum atomic E-state index is 13.4. The van der Waals surface area contributed by atoms with E-state index in [9.17, 15) is 16.8 Å². The second-order valence-electron chi connectivity index (χ2n) is 7.94. The largest absolute Gasteiger partial charge is 0.283 e. The lowest BCUT2D eigenvalue weighted by atomic mass is 10.1. The summed E-state index contributed by atoms with van der Waals surface area (Å²) in [7, 11) is -7.98. The smallest absolute Gasteiger partial charge is 0.218 e. The van der Waals surface area contributed by atoms with Gasteiger partial charge in [-0.05, 0) is 57.4 Å². The Morgan fingerprint density at radius 1 is 0.800 bits per heavy atom. The number of hydrogen-bond donors (Lipinski definition) is 0. The topological polar surface area (TPSA) is 86.1 Å². The van der Waals surface area contributed by atoms with Crippen LogP contribution in [-0.2, 0) is 26.3 Å². The molecule has 0 bridgehead atoms. The molecule has 1 aromatic heterocycles. The maximum absolute atomic E-state index is 13.4. The molecule has 0 atom stereocenters. The first-order valence-corrected chi connectivity index (χ1v) is 12.6. The van der Waals surface area contributed by atoms with Crippen LogP contribution in [0.15, 0.2) is 63.2 Å². The summed E-state index contributed by atoms with van der Waals surface area (Å²) in [4.78, 5) is 0.157. The van der Waals surface area contributed by atoms with Crippen molar-refractivity contribution in [2.24, 2.45) is 5.92 Å². The van der Waals surface area contributed by atoms with Crippen LogP contribution in [0.5, 0.6) is 0 Å². The summed E-state index contributed by atoms with van der Waals surface area (Å²) >= 11 is 0. The van der Waals surface area contributed by atoms with E-state index in [1.807, 2.05) is 27.7 Å². The van der Waals surface area contributed by atoms with Crippen LogP contribution < -0.4 is 0 Å². The Kier molecular flexibility index (Phi) is 5.93. The molecule has 6 nitrogen and oxygen atoms in total. The number of hydrogen-bond acceptors (Lipinski definition) is 5. The third-order valence-corrected chi connectivity index (χ3v) is 8.40. The average Bonchev–Trinajstić information content (AvgIpc) is 2.99. The van der Waals surface area contributed by atoms with Crippen molar-refractivity contribution in [1.29, 1.82) is 0 Å². The number of sulfone groups is 1. The van der Waals surface area contributed by atoms with Gasteiger partial charge in [-0.15, -0.1) is 0 Å². The van der Waals surface area contributed by atoms with Crippen LogP contribution in [0.25, 0.3) is 0 Å². The highest BCUT2D eigenvalue weighted by molar-refractivity contribution is 7.92. The van der Waals surface area contributed by atoms with Crippen LogP contribution in [0.4, 0.5) is 0 Å². The quantitative estimate of drug-likeness (QED) is 0.570. The second kappa shape index (κ2) is 8.00. The summed E-state index contributed by atoms with van der Waals surface area (Å²) in [6.07, 6.45) is 0.256. The average molecular weight is 447 g/mol. The molecule has 0 saturated carbocycles. The molecule has 2 aromatic carbocycles. The van der Waals surface area contributed by atoms with E-state index < -0.39 is 19.9 Å². The molecule has 0 spiro atoms. The monoisotopic (exact) mass is 446 g/mol. The number of benzene rings is 2. The molecule has 0 aliphatic carbocycles. The fourth-order valence-corrected chi connectivity index (χ4v) is 6.35. The molecule has 3 rings (SSSR count). The lowest BCUT2D eigenvalue weighted by molar-refractivity contribution is 0.564. The second-order valence-corrected chi connectivity index (χ2v) is 11.6. The number of aryl methyl sites for hydroxylation is 3. The predicted octanol–water partition coefficient (Wildman–Crippen LogP) is 4.08. The van der Waals surface area contributed by atoms with Crippen molar-refractivity contribution in [3.63, 3.8) is 0 Å². The van der Waals surface area contributed by atoms with Gasteiger partial charge in [-0.3, -0.25) is 0 Å². The molecule has 0 fully saturated rings. The Hall–Kier alpha value is -2.45. The van der Waals surface area contributed by atoms with Gasteiger partial charge in [-0.25, -0.2) is 8.42 Å². The van der Waals surface area contributed by atoms with E-state index in [-0.39, 0.29) is 38.4 Å². The van der Waals surface area contributed by atoms with Gasteiger partial charge in [-0.2, -0.15) is 17.6 Å². The van der Waals surface area contributed by atoms with Crippen LogP contribution in [-0.4, -0.2) is 26.0 Å². The molecular weight excluding hydrogens is 420 g/mol. The van der Waals surface area contributed by atoms with Gasteiger partial charge in [0.15, 0.2) is 0 Å². The molecular formula is C22H26N2O4S2. The molecule has 1 heterocycles. The Balaban J connectivity index is 2.27. The molecule has 8 heteroatoms. The Labute approximate surface area is 178 Å². The van der Waals surface area contributed by atoms with Crippen LogP contribution in [0.3, 0.4) is 0 Å². The molecule has 0 unspecified atom stereocenters. The lowest BCUT2D eigenvalue weighted by Crippen LogP contribution is -2.19. The highest BCUT2D eigenvalue weighted by atomic mass is 32.2. The Bertz CT molecular complexity index is 1270. The molecule has 0 aliphatic rings. The Morgan fingerprint density at radius 3 is 1.73 bits per heavy atom. The number of nitrogens with zero attached hydrogens (tertiary/aromatic N) is 2. The fraction of sp³-hybridized carbons (Fsp3) is 0.318. The van der Waals surface area contributed by atoms with Crippen molar-refractivity contribution in [3.8, 4) is 0 Å². The Morgan fingerprint density at radius 2 is 1.27 bits per heavy atom. The van der Waals surface area contributed by atoms with Crippen molar-refractivity contribution < 1.29 is 16.8 Å². The van der Waals surface area contributed by atoms with E-state index >= 15 is 0 Å². The van der Waals surface area contributed by atoms with Gasteiger partial charge in [0.05, 0.1) is 21.2 Å². The summed E-state index contributed by atoms with van der Waals surface area (Å²) in [5, 5.41) is 4.19. The summed E-state index contributed by atoms with van der Waals surface area (Å²) in [5.74, 6) is 0.0278. The SMILES string of the molecule is Cc1ccc(S(=O)(=O)c2c(C)nn(S(=O)(=O)c3ccc(C)cc3)c2CC(C)C)cc1. The van der Waals surface area contributed by atoms with Gasteiger partial charge in [0.25, 0.3) is 10.0 Å². The van der Waals surface area contributed by atoms with E-state index in [1.54, 1.807) is 24.3 Å². The minimum absolute atomic E-state index is 0.0278. The molecule has 0 N–H and O–H groups in total. The van der Waals surface area contributed by atoms with E-state index in [0.29, 0.717) is 0 Å². The lowest BCUT2D eigenvalue weighted by Gasteiger charge is -2.13. The van der Waals surface area contributed by atoms with E-state index in [2.05, 4.69) is 5.10 Å². The van der Waals surface area contributed by atoms with Crippen molar-refractivity contribution >= 4 is 19.9 Å². The minimum atomic E-state index is -4.04. The van der Waals surface area contributed by atoms with Gasteiger partial charge < -0.3 is 0 Å². The number of aromatic nitrogens is 2. The van der Waals surface area contributed by atoms with Crippen LogP contribution in [0, 0.1) is 26.7 Å². The summed E-state index contributed by atoms with van der Waals surface area (Å²) < 4.78 is 54.4. The number of rotatable bonds is 6. The highest BCUT2D eigenvalue weighted by Gasteiger charge is 2.33. The van der Waals surface area contributed by atoms with Crippen molar-refractivity contribution in [2.45, 2.75) is 55.7 Å². The van der Waals surface area contributed by atoms with Gasteiger partial charge in [0, 0.05) is 0 Å². The molecule has 160 valence electrons. The van der Waals surface area contributed by atoms with Crippen LogP contribution >= 0.6 is 0 Å². The maximum Gasteiger partial charge on any atom is 0.283 e.